The van der Waals surface area contributed by atoms with Gasteiger partial charge in [0.15, 0.2) is 0 Å². The van der Waals surface area contributed by atoms with Gasteiger partial charge in [-0.2, -0.15) is 0 Å². The van der Waals surface area contributed by atoms with Gasteiger partial charge >= 0.3 is 37.9 Å². The first-order valence-corrected chi connectivity index (χ1v) is 15.0. The molecule has 0 aromatic heterocycles. The third-order valence-electron chi connectivity index (χ3n) is 3.60. The van der Waals surface area contributed by atoms with Crippen molar-refractivity contribution in [2.45, 2.75) is 65.2 Å². The molecule has 0 N–H and O–H groups in total. The van der Waals surface area contributed by atoms with Gasteiger partial charge in [0, 0.05) is 0 Å². The van der Waals surface area contributed by atoms with E-state index in [0.29, 0.717) is 0 Å². The van der Waals surface area contributed by atoms with Gasteiger partial charge in [-0.05, 0) is 76.0 Å². The predicted octanol–water partition coefficient (Wildman–Crippen LogP) is 7.32. The van der Waals surface area contributed by atoms with Crippen LogP contribution in [0.3, 0.4) is 0 Å². The summed E-state index contributed by atoms with van der Waals surface area (Å²) in [6, 6.07) is 0. The van der Waals surface area contributed by atoms with Crippen molar-refractivity contribution < 1.29 is 20.8 Å². The molecule has 0 nitrogen and oxygen atoms in total. The van der Waals surface area contributed by atoms with E-state index in [9.17, 15) is 0 Å². The number of rotatable bonds is 8. The summed E-state index contributed by atoms with van der Waals surface area (Å²) >= 11 is -0.826. The molecule has 0 atom stereocenters. The normalized spacial score (nSPS) is 18.1. The zero-order valence-corrected chi connectivity index (χ0v) is 18.5. The van der Waals surface area contributed by atoms with Gasteiger partial charge in [-0.15, -0.1) is 0 Å². The van der Waals surface area contributed by atoms with Gasteiger partial charge in [-0.3, -0.25) is 0 Å². The van der Waals surface area contributed by atoms with Gasteiger partial charge in [-0.25, -0.2) is 0 Å². The molecule has 0 heterocycles. The predicted molar refractivity (Wildman–Crippen MR) is 101 cm³/mol. The SMILES string of the molecule is CCCCC[C]1[CH][CH][CH][CH]1.CCCCC[C]1[CH][CH][CH][CH]1.[Cl][Zr][Cl]. The summed E-state index contributed by atoms with van der Waals surface area (Å²) in [6.45, 7) is 4.48. The molecule has 2 aliphatic rings. The zero-order valence-electron chi connectivity index (χ0n) is 14.5. The van der Waals surface area contributed by atoms with E-state index in [4.69, 9.17) is 17.0 Å². The molecular formula is C20H30Cl2Zr. The van der Waals surface area contributed by atoms with Gasteiger partial charge in [0.2, 0.25) is 0 Å². The van der Waals surface area contributed by atoms with Crippen LogP contribution in [-0.4, -0.2) is 0 Å². The Balaban J connectivity index is 0.000000360. The average Bonchev–Trinajstić information content (AvgIpc) is 3.23. The maximum atomic E-state index is 4.93. The van der Waals surface area contributed by atoms with E-state index in [-0.39, 0.29) is 0 Å². The van der Waals surface area contributed by atoms with Crippen molar-refractivity contribution in [3.8, 4) is 0 Å². The second kappa shape index (κ2) is 19.8. The molecule has 2 fully saturated rings. The van der Waals surface area contributed by atoms with Crippen LogP contribution < -0.4 is 0 Å². The molecule has 128 valence electrons. The van der Waals surface area contributed by atoms with Crippen LogP contribution in [0.15, 0.2) is 0 Å². The molecule has 3 heteroatoms. The van der Waals surface area contributed by atoms with Crippen LogP contribution in [0.2, 0.25) is 0 Å². The molecule has 2 rings (SSSR count). The van der Waals surface area contributed by atoms with Crippen LogP contribution in [0.4, 0.5) is 0 Å². The van der Waals surface area contributed by atoms with E-state index in [1.165, 1.54) is 63.2 Å². The van der Waals surface area contributed by atoms with Crippen molar-refractivity contribution in [3.05, 3.63) is 63.2 Å². The van der Waals surface area contributed by atoms with Crippen molar-refractivity contribution >= 4 is 17.0 Å². The van der Waals surface area contributed by atoms with E-state index in [1.807, 2.05) is 0 Å². The molecule has 0 bridgehead atoms. The monoisotopic (exact) mass is 430 g/mol. The molecule has 23 heavy (non-hydrogen) atoms. The average molecular weight is 433 g/mol. The van der Waals surface area contributed by atoms with Crippen LogP contribution in [0.5, 0.6) is 0 Å². The summed E-state index contributed by atoms with van der Waals surface area (Å²) in [5, 5.41) is 0. The Labute approximate surface area is 165 Å². The van der Waals surface area contributed by atoms with E-state index < -0.39 is 20.8 Å². The number of hydrogen-bond acceptors (Lipinski definition) is 0. The molecule has 0 aromatic carbocycles. The summed E-state index contributed by atoms with van der Waals surface area (Å²) in [7, 11) is 9.87. The first-order chi connectivity index (χ1) is 11.3. The Kier molecular flexibility index (Phi) is 21.0. The Bertz CT molecular complexity index is 190. The molecule has 10 radical (unpaired) electrons. The van der Waals surface area contributed by atoms with E-state index in [2.05, 4.69) is 65.2 Å². The van der Waals surface area contributed by atoms with Crippen molar-refractivity contribution in [1.29, 1.82) is 0 Å². The van der Waals surface area contributed by atoms with Crippen molar-refractivity contribution in [2.24, 2.45) is 0 Å². The molecule has 2 aliphatic carbocycles. The molecule has 0 saturated heterocycles. The molecule has 2 saturated carbocycles. The maximum absolute atomic E-state index is 4.93. The summed E-state index contributed by atoms with van der Waals surface area (Å²) in [6.07, 6.45) is 27.9. The van der Waals surface area contributed by atoms with Gasteiger partial charge in [-0.1, -0.05) is 52.4 Å². The fourth-order valence-corrected chi connectivity index (χ4v) is 2.32. The molecule has 0 spiro atoms. The fraction of sp³-hybridized carbons (Fsp3) is 0.500. The second-order valence-electron chi connectivity index (χ2n) is 5.57. The first kappa shape index (κ1) is 24.5. The molecule has 0 aliphatic heterocycles. The third-order valence-corrected chi connectivity index (χ3v) is 3.60. The Morgan fingerprint density at radius 2 is 0.957 bits per heavy atom. The standard InChI is InChI=1S/2C10H15.2ClH.Zr/c2*1-2-3-4-7-10-8-5-6-9-10;;;/h2*5-6,8-9H,2-4,7H2,1H3;2*1H;/q;;;;+2/p-2. The Morgan fingerprint density at radius 1 is 0.652 bits per heavy atom. The van der Waals surface area contributed by atoms with E-state index in [1.54, 1.807) is 0 Å². The Hall–Kier alpha value is 1.46. The minimum absolute atomic E-state index is 0.826. The van der Waals surface area contributed by atoms with Gasteiger partial charge in [0.25, 0.3) is 0 Å². The fourth-order valence-electron chi connectivity index (χ4n) is 2.32. The molecule has 0 unspecified atom stereocenters. The van der Waals surface area contributed by atoms with Crippen LogP contribution in [0.25, 0.3) is 0 Å². The van der Waals surface area contributed by atoms with Gasteiger partial charge in [0.05, 0.1) is 0 Å². The topological polar surface area (TPSA) is 0 Å². The summed E-state index contributed by atoms with van der Waals surface area (Å²) in [5.74, 6) is 2.99. The van der Waals surface area contributed by atoms with Crippen LogP contribution in [0.1, 0.15) is 65.2 Å². The number of halogens is 2. The van der Waals surface area contributed by atoms with E-state index in [0.717, 1.165) is 0 Å². The quantitative estimate of drug-likeness (QED) is 0.353. The molecule has 0 aromatic rings. The number of hydrogen-bond donors (Lipinski definition) is 0. The first-order valence-electron chi connectivity index (χ1n) is 8.65. The second-order valence-corrected chi connectivity index (χ2v) is 9.30. The van der Waals surface area contributed by atoms with E-state index >= 15 is 0 Å². The summed E-state index contributed by atoms with van der Waals surface area (Å²) in [4.78, 5) is 0. The molecular weight excluding hydrogens is 402 g/mol. The zero-order chi connectivity index (χ0) is 17.2. The minimum atomic E-state index is -0.826. The van der Waals surface area contributed by atoms with Crippen molar-refractivity contribution in [1.82, 2.24) is 0 Å². The molecule has 0 amide bonds. The van der Waals surface area contributed by atoms with Crippen molar-refractivity contribution in [3.63, 3.8) is 0 Å². The van der Waals surface area contributed by atoms with Gasteiger partial charge < -0.3 is 0 Å². The van der Waals surface area contributed by atoms with Crippen LogP contribution >= 0.6 is 17.0 Å². The van der Waals surface area contributed by atoms with Crippen LogP contribution in [0, 0.1) is 63.2 Å². The van der Waals surface area contributed by atoms with Crippen molar-refractivity contribution in [2.75, 3.05) is 0 Å². The summed E-state index contributed by atoms with van der Waals surface area (Å²) in [5.41, 5.74) is 0. The van der Waals surface area contributed by atoms with Crippen LogP contribution in [-0.2, 0) is 20.8 Å². The third kappa shape index (κ3) is 16.7. The Morgan fingerprint density at radius 3 is 1.22 bits per heavy atom. The summed E-state index contributed by atoms with van der Waals surface area (Å²) < 4.78 is 0. The number of unbranched alkanes of at least 4 members (excludes halogenated alkanes) is 4. The van der Waals surface area contributed by atoms with Gasteiger partial charge in [0.1, 0.15) is 0 Å².